The first-order valence-corrected chi connectivity index (χ1v) is 7.40. The number of hydrogen-bond donors (Lipinski definition) is 1. The maximum absolute atomic E-state index is 12.4. The molecule has 0 amide bonds. The molecule has 4 heteroatoms. The second kappa shape index (κ2) is 5.57. The van der Waals surface area contributed by atoms with Crippen molar-refractivity contribution in [3.8, 4) is 11.5 Å². The van der Waals surface area contributed by atoms with Crippen LogP contribution in [-0.2, 0) is 6.42 Å². The summed E-state index contributed by atoms with van der Waals surface area (Å²) in [7, 11) is 0. The van der Waals surface area contributed by atoms with E-state index in [1.165, 1.54) is 6.26 Å². The van der Waals surface area contributed by atoms with E-state index in [1.54, 1.807) is 6.07 Å². The van der Waals surface area contributed by atoms with Crippen molar-refractivity contribution in [2.75, 3.05) is 0 Å². The number of nitrogens with one attached hydrogen (secondary N) is 1. The molecule has 23 heavy (non-hydrogen) atoms. The third-order valence-corrected chi connectivity index (χ3v) is 3.83. The molecule has 0 atom stereocenters. The number of aromatic nitrogens is 2. The smallest absolute Gasteiger partial charge is 0.170 e. The van der Waals surface area contributed by atoms with Gasteiger partial charge in [0.1, 0.15) is 12.0 Å². The third kappa shape index (κ3) is 2.55. The van der Waals surface area contributed by atoms with Crippen LogP contribution in [0, 0.1) is 0 Å². The minimum atomic E-state index is 0.0334. The van der Waals surface area contributed by atoms with E-state index in [0.717, 1.165) is 22.2 Å². The molecule has 2 heterocycles. The van der Waals surface area contributed by atoms with Crippen molar-refractivity contribution in [3.63, 3.8) is 0 Å². The molecule has 0 spiro atoms. The summed E-state index contributed by atoms with van der Waals surface area (Å²) in [6.45, 7) is 0. The number of aromatic amines is 1. The Balaban J connectivity index is 1.63. The van der Waals surface area contributed by atoms with E-state index in [9.17, 15) is 4.79 Å². The van der Waals surface area contributed by atoms with E-state index in [2.05, 4.69) is 10.2 Å². The second-order valence-electron chi connectivity index (χ2n) is 5.40. The number of H-pyrrole nitrogens is 1. The molecule has 4 nitrogen and oxygen atoms in total. The fourth-order valence-electron chi connectivity index (χ4n) is 2.64. The molecular weight excluding hydrogens is 288 g/mol. The summed E-state index contributed by atoms with van der Waals surface area (Å²) in [5, 5.41) is 8.24. The molecule has 112 valence electrons. The number of ketones is 1. The zero-order valence-electron chi connectivity index (χ0n) is 12.3. The predicted octanol–water partition coefficient (Wildman–Crippen LogP) is 4.25. The number of nitrogens with zero attached hydrogens (tertiary/aromatic N) is 1. The maximum atomic E-state index is 12.4. The van der Waals surface area contributed by atoms with E-state index in [4.69, 9.17) is 4.42 Å². The number of rotatable bonds is 4. The Hall–Kier alpha value is -3.14. The van der Waals surface area contributed by atoms with Gasteiger partial charge >= 0.3 is 0 Å². The lowest BCUT2D eigenvalue weighted by Crippen LogP contribution is -2.01. The van der Waals surface area contributed by atoms with E-state index >= 15 is 0 Å². The van der Waals surface area contributed by atoms with Gasteiger partial charge in [-0.05, 0) is 17.7 Å². The highest BCUT2D eigenvalue weighted by Crippen LogP contribution is 2.28. The molecular formula is C19H14N2O2. The highest BCUT2D eigenvalue weighted by molar-refractivity contribution is 5.99. The maximum Gasteiger partial charge on any atom is 0.170 e. The molecule has 4 rings (SSSR count). The molecule has 0 aliphatic rings. The molecule has 0 radical (unpaired) electrons. The van der Waals surface area contributed by atoms with Crippen molar-refractivity contribution in [1.82, 2.24) is 10.2 Å². The third-order valence-electron chi connectivity index (χ3n) is 3.83. The summed E-state index contributed by atoms with van der Waals surface area (Å²) >= 11 is 0. The van der Waals surface area contributed by atoms with Crippen LogP contribution in [0.25, 0.3) is 22.4 Å². The molecule has 0 unspecified atom stereocenters. The zero-order chi connectivity index (χ0) is 15.6. The van der Waals surface area contributed by atoms with Gasteiger partial charge in [-0.2, -0.15) is 5.10 Å². The summed E-state index contributed by atoms with van der Waals surface area (Å²) in [4.78, 5) is 12.4. The van der Waals surface area contributed by atoms with E-state index in [0.29, 0.717) is 17.7 Å². The minimum absolute atomic E-state index is 0.0334. The number of para-hydroxylation sites is 1. The van der Waals surface area contributed by atoms with Crippen LogP contribution in [-0.4, -0.2) is 16.0 Å². The monoisotopic (exact) mass is 302 g/mol. The van der Waals surface area contributed by atoms with Gasteiger partial charge < -0.3 is 4.42 Å². The van der Waals surface area contributed by atoms with E-state index in [-0.39, 0.29) is 5.78 Å². The zero-order valence-corrected chi connectivity index (χ0v) is 12.3. The first-order chi connectivity index (χ1) is 11.3. The van der Waals surface area contributed by atoms with Gasteiger partial charge in [-0.15, -0.1) is 0 Å². The Labute approximate surface area is 132 Å². The van der Waals surface area contributed by atoms with E-state index < -0.39 is 0 Å². The van der Waals surface area contributed by atoms with Gasteiger partial charge in [0.2, 0.25) is 0 Å². The lowest BCUT2D eigenvalue weighted by molar-refractivity contribution is 0.0992. The molecule has 4 aromatic rings. The topological polar surface area (TPSA) is 58.9 Å². The molecule has 0 aliphatic heterocycles. The lowest BCUT2D eigenvalue weighted by Gasteiger charge is -1.97. The number of furan rings is 1. The summed E-state index contributed by atoms with van der Waals surface area (Å²) in [5.74, 6) is 0.630. The average molecular weight is 302 g/mol. The quantitative estimate of drug-likeness (QED) is 0.573. The van der Waals surface area contributed by atoms with Crippen molar-refractivity contribution >= 4 is 16.7 Å². The number of carbonyl (C=O) groups excluding carboxylic acids is 1. The molecule has 2 aromatic heterocycles. The van der Waals surface area contributed by atoms with Crippen molar-refractivity contribution in [2.24, 2.45) is 0 Å². The standard InChI is InChI=1S/C19H14N2O2/c22-17(10-13-6-2-1-3-7-13)14-11-18(23-12-14)19-15-8-4-5-9-16(15)20-21-19/h1-9,11-12H,10H2,(H,20,21). The highest BCUT2D eigenvalue weighted by atomic mass is 16.3. The predicted molar refractivity (Wildman–Crippen MR) is 88.3 cm³/mol. The summed E-state index contributed by atoms with van der Waals surface area (Å²) in [6.07, 6.45) is 1.87. The largest absolute Gasteiger partial charge is 0.462 e. The normalized spacial score (nSPS) is 11.0. The number of benzene rings is 2. The summed E-state index contributed by atoms with van der Waals surface area (Å²) < 4.78 is 5.57. The molecule has 0 bridgehead atoms. The van der Waals surface area contributed by atoms with Gasteiger partial charge in [0.05, 0.1) is 11.1 Å². The Kier molecular flexibility index (Phi) is 3.27. The molecule has 0 saturated heterocycles. The van der Waals surface area contributed by atoms with Gasteiger partial charge in [-0.3, -0.25) is 9.89 Å². The van der Waals surface area contributed by atoms with Crippen molar-refractivity contribution < 1.29 is 9.21 Å². The lowest BCUT2D eigenvalue weighted by atomic mass is 10.0. The van der Waals surface area contributed by atoms with Crippen LogP contribution in [0.1, 0.15) is 15.9 Å². The summed E-state index contributed by atoms with van der Waals surface area (Å²) in [5.41, 5.74) is 3.22. The first-order valence-electron chi connectivity index (χ1n) is 7.40. The van der Waals surface area contributed by atoms with Gasteiger partial charge in [0.25, 0.3) is 0 Å². The molecule has 0 saturated carbocycles. The molecule has 1 N–H and O–H groups in total. The van der Waals surface area contributed by atoms with Crippen molar-refractivity contribution in [2.45, 2.75) is 6.42 Å². The van der Waals surface area contributed by atoms with Crippen LogP contribution in [0.5, 0.6) is 0 Å². The summed E-state index contributed by atoms with van der Waals surface area (Å²) in [6, 6.07) is 19.3. The fourth-order valence-corrected chi connectivity index (χ4v) is 2.64. The molecule has 0 fully saturated rings. The first kappa shape index (κ1) is 13.5. The molecule has 0 aliphatic carbocycles. The Bertz CT molecular complexity index is 967. The van der Waals surface area contributed by atoms with Crippen LogP contribution in [0.3, 0.4) is 0 Å². The number of fused-ring (bicyclic) bond motifs is 1. The molecule has 2 aromatic carbocycles. The van der Waals surface area contributed by atoms with Crippen molar-refractivity contribution in [3.05, 3.63) is 78.1 Å². The second-order valence-corrected chi connectivity index (χ2v) is 5.40. The Morgan fingerprint density at radius 2 is 1.83 bits per heavy atom. The Morgan fingerprint density at radius 3 is 2.70 bits per heavy atom. The van der Waals surface area contributed by atoms with Gasteiger partial charge in [0.15, 0.2) is 11.5 Å². The van der Waals surface area contributed by atoms with Crippen LogP contribution in [0.15, 0.2) is 71.3 Å². The van der Waals surface area contributed by atoms with Crippen LogP contribution in [0.2, 0.25) is 0 Å². The van der Waals surface area contributed by atoms with Crippen LogP contribution >= 0.6 is 0 Å². The number of Topliss-reactive ketones (excluding diaryl/α,β-unsaturated/α-hetero) is 1. The van der Waals surface area contributed by atoms with Gasteiger partial charge in [0, 0.05) is 11.8 Å². The van der Waals surface area contributed by atoms with Gasteiger partial charge in [-0.25, -0.2) is 0 Å². The number of carbonyl (C=O) groups is 1. The SMILES string of the molecule is O=C(Cc1ccccc1)c1coc(-c2n[nH]c3ccccc23)c1. The van der Waals surface area contributed by atoms with Crippen LogP contribution in [0.4, 0.5) is 0 Å². The highest BCUT2D eigenvalue weighted by Gasteiger charge is 2.15. The average Bonchev–Trinajstić information content (AvgIpc) is 3.22. The minimum Gasteiger partial charge on any atom is -0.462 e. The van der Waals surface area contributed by atoms with Crippen LogP contribution < -0.4 is 0 Å². The Morgan fingerprint density at radius 1 is 1.04 bits per heavy atom. The van der Waals surface area contributed by atoms with Crippen molar-refractivity contribution in [1.29, 1.82) is 0 Å². The van der Waals surface area contributed by atoms with Gasteiger partial charge in [-0.1, -0.05) is 48.5 Å². The van der Waals surface area contributed by atoms with E-state index in [1.807, 2.05) is 54.6 Å². The number of hydrogen-bond acceptors (Lipinski definition) is 3. The fraction of sp³-hybridized carbons (Fsp3) is 0.0526.